The lowest BCUT2D eigenvalue weighted by Crippen LogP contribution is -2.23. The lowest BCUT2D eigenvalue weighted by Gasteiger charge is -2.06. The largest absolute Gasteiger partial charge is 0.494 e. The van der Waals surface area contributed by atoms with Gasteiger partial charge in [0.25, 0.3) is 5.56 Å². The van der Waals surface area contributed by atoms with E-state index in [1.54, 1.807) is 24.5 Å². The van der Waals surface area contributed by atoms with Crippen molar-refractivity contribution in [1.29, 1.82) is 0 Å². The molecule has 28 heavy (non-hydrogen) atoms. The van der Waals surface area contributed by atoms with Gasteiger partial charge in [-0.3, -0.25) is 4.79 Å². The summed E-state index contributed by atoms with van der Waals surface area (Å²) in [7, 11) is 0. The summed E-state index contributed by atoms with van der Waals surface area (Å²) < 4.78 is 12.9. The number of unbranched alkanes of at least 4 members (excludes halogenated alkanes) is 3. The van der Waals surface area contributed by atoms with E-state index in [2.05, 4.69) is 17.0 Å². The van der Waals surface area contributed by atoms with Crippen molar-refractivity contribution in [2.24, 2.45) is 0 Å². The summed E-state index contributed by atoms with van der Waals surface area (Å²) in [6, 6.07) is 11.2. The van der Waals surface area contributed by atoms with E-state index in [9.17, 15) is 4.79 Å². The predicted octanol–water partition coefficient (Wildman–Crippen LogP) is 3.92. The van der Waals surface area contributed by atoms with E-state index in [1.807, 2.05) is 24.3 Å². The summed E-state index contributed by atoms with van der Waals surface area (Å²) in [5.74, 6) is 2.00. The Hall–Kier alpha value is -2.93. The number of thiazole rings is 1. The summed E-state index contributed by atoms with van der Waals surface area (Å²) >= 11 is 1.29. The second kappa shape index (κ2) is 8.39. The standard InChI is InChI=1S/C21H21N3O3S/c1-2-3-4-5-12-26-16-10-8-15(9-11-16)19-22-21-24(23-19)20(25)18(28-21)14-17-7-6-13-27-17/h6-11,13-14H,2-5,12H2,1H3. The molecule has 3 heterocycles. The molecule has 0 aliphatic heterocycles. The van der Waals surface area contributed by atoms with Gasteiger partial charge in [-0.25, -0.2) is 0 Å². The molecule has 4 aromatic rings. The number of ether oxygens (including phenoxy) is 1. The summed E-state index contributed by atoms with van der Waals surface area (Å²) in [5.41, 5.74) is 0.660. The Balaban J connectivity index is 1.49. The van der Waals surface area contributed by atoms with E-state index in [1.165, 1.54) is 35.1 Å². The molecular formula is C21H21N3O3S. The molecular weight excluding hydrogens is 374 g/mol. The molecule has 144 valence electrons. The average molecular weight is 395 g/mol. The summed E-state index contributed by atoms with van der Waals surface area (Å²) in [6.45, 7) is 2.92. The van der Waals surface area contributed by atoms with Crippen LogP contribution >= 0.6 is 11.3 Å². The van der Waals surface area contributed by atoms with Crippen molar-refractivity contribution >= 4 is 22.4 Å². The first-order valence-corrected chi connectivity index (χ1v) is 10.2. The minimum Gasteiger partial charge on any atom is -0.494 e. The van der Waals surface area contributed by atoms with Crippen LogP contribution in [0.2, 0.25) is 0 Å². The molecule has 0 fully saturated rings. The van der Waals surface area contributed by atoms with Crippen LogP contribution in [0.1, 0.15) is 38.4 Å². The highest BCUT2D eigenvalue weighted by Gasteiger charge is 2.12. The van der Waals surface area contributed by atoms with Gasteiger partial charge >= 0.3 is 0 Å². The van der Waals surface area contributed by atoms with Crippen molar-refractivity contribution in [3.8, 4) is 17.1 Å². The molecule has 0 bridgehead atoms. The molecule has 0 aliphatic carbocycles. The zero-order chi connectivity index (χ0) is 19.3. The highest BCUT2D eigenvalue weighted by Crippen LogP contribution is 2.20. The third kappa shape index (κ3) is 3.99. The molecule has 4 rings (SSSR count). The molecule has 0 atom stereocenters. The van der Waals surface area contributed by atoms with E-state index in [-0.39, 0.29) is 5.56 Å². The Kier molecular flexibility index (Phi) is 5.53. The van der Waals surface area contributed by atoms with Gasteiger partial charge in [0.2, 0.25) is 4.96 Å². The third-order valence-corrected chi connectivity index (χ3v) is 5.34. The first kappa shape index (κ1) is 18.4. The number of fused-ring (bicyclic) bond motifs is 1. The zero-order valence-corrected chi connectivity index (χ0v) is 16.4. The van der Waals surface area contributed by atoms with Gasteiger partial charge in [0, 0.05) is 11.6 Å². The van der Waals surface area contributed by atoms with Gasteiger partial charge < -0.3 is 9.15 Å². The maximum absolute atomic E-state index is 12.5. The molecule has 0 spiro atoms. The average Bonchev–Trinajstić information content (AvgIpc) is 3.42. The monoisotopic (exact) mass is 395 g/mol. The summed E-state index contributed by atoms with van der Waals surface area (Å²) in [6.07, 6.45) is 8.00. The Bertz CT molecular complexity index is 1140. The predicted molar refractivity (Wildman–Crippen MR) is 110 cm³/mol. The first-order valence-electron chi connectivity index (χ1n) is 9.42. The first-order chi connectivity index (χ1) is 13.7. The maximum atomic E-state index is 12.5. The van der Waals surface area contributed by atoms with Gasteiger partial charge in [-0.05, 0) is 42.8 Å². The molecule has 0 saturated heterocycles. The summed E-state index contributed by atoms with van der Waals surface area (Å²) in [5, 5.41) is 4.37. The van der Waals surface area contributed by atoms with Crippen LogP contribution in [-0.4, -0.2) is 21.2 Å². The number of rotatable bonds is 8. The highest BCUT2D eigenvalue weighted by molar-refractivity contribution is 7.15. The molecule has 1 aromatic carbocycles. The van der Waals surface area contributed by atoms with Crippen LogP contribution < -0.4 is 14.8 Å². The Labute approximate surface area is 166 Å². The molecule has 6 nitrogen and oxygen atoms in total. The number of hydrogen-bond donors (Lipinski definition) is 0. The minimum atomic E-state index is -0.192. The minimum absolute atomic E-state index is 0.192. The molecule has 0 amide bonds. The van der Waals surface area contributed by atoms with E-state index >= 15 is 0 Å². The lowest BCUT2D eigenvalue weighted by atomic mass is 10.2. The van der Waals surface area contributed by atoms with Gasteiger partial charge in [0.1, 0.15) is 16.0 Å². The van der Waals surface area contributed by atoms with Gasteiger partial charge in [-0.15, -0.1) is 5.10 Å². The van der Waals surface area contributed by atoms with E-state index in [4.69, 9.17) is 9.15 Å². The molecule has 7 heteroatoms. The Morgan fingerprint density at radius 3 is 2.75 bits per heavy atom. The Morgan fingerprint density at radius 1 is 1.18 bits per heavy atom. The van der Waals surface area contributed by atoms with Crippen molar-refractivity contribution in [1.82, 2.24) is 14.6 Å². The quantitative estimate of drug-likeness (QED) is 0.423. The second-order valence-electron chi connectivity index (χ2n) is 6.49. The Morgan fingerprint density at radius 2 is 2.04 bits per heavy atom. The number of benzene rings is 1. The SMILES string of the molecule is CCCCCCOc1ccc(-c2nc3sc(=Cc4ccco4)c(=O)n3n2)cc1. The molecule has 0 unspecified atom stereocenters. The van der Waals surface area contributed by atoms with Crippen molar-refractivity contribution < 1.29 is 9.15 Å². The van der Waals surface area contributed by atoms with Crippen LogP contribution in [0.4, 0.5) is 0 Å². The number of furan rings is 1. The second-order valence-corrected chi connectivity index (χ2v) is 7.50. The normalized spacial score (nSPS) is 12.1. The van der Waals surface area contributed by atoms with Crippen LogP contribution in [0.15, 0.2) is 51.9 Å². The fourth-order valence-electron chi connectivity index (χ4n) is 2.88. The van der Waals surface area contributed by atoms with Gasteiger partial charge in [0.05, 0.1) is 12.9 Å². The topological polar surface area (TPSA) is 69.6 Å². The smallest absolute Gasteiger partial charge is 0.291 e. The van der Waals surface area contributed by atoms with E-state index in [0.29, 0.717) is 21.1 Å². The molecule has 0 saturated carbocycles. The molecule has 0 aliphatic rings. The van der Waals surface area contributed by atoms with Crippen LogP contribution in [0.3, 0.4) is 0 Å². The number of aromatic nitrogens is 3. The molecule has 3 aromatic heterocycles. The molecule has 0 N–H and O–H groups in total. The fourth-order valence-corrected chi connectivity index (χ4v) is 3.77. The van der Waals surface area contributed by atoms with Crippen LogP contribution in [0.5, 0.6) is 5.75 Å². The van der Waals surface area contributed by atoms with Gasteiger partial charge in [-0.1, -0.05) is 37.5 Å². The number of nitrogens with zero attached hydrogens (tertiary/aromatic N) is 3. The van der Waals surface area contributed by atoms with E-state index in [0.717, 1.165) is 24.3 Å². The van der Waals surface area contributed by atoms with Crippen molar-refractivity contribution in [3.05, 3.63) is 63.3 Å². The van der Waals surface area contributed by atoms with Crippen molar-refractivity contribution in [2.45, 2.75) is 32.6 Å². The van der Waals surface area contributed by atoms with Crippen LogP contribution in [0.25, 0.3) is 22.4 Å². The number of hydrogen-bond acceptors (Lipinski definition) is 6. The maximum Gasteiger partial charge on any atom is 0.291 e. The molecule has 0 radical (unpaired) electrons. The fraction of sp³-hybridized carbons (Fsp3) is 0.286. The van der Waals surface area contributed by atoms with Gasteiger partial charge in [0.15, 0.2) is 5.82 Å². The van der Waals surface area contributed by atoms with Crippen LogP contribution in [-0.2, 0) is 0 Å². The lowest BCUT2D eigenvalue weighted by molar-refractivity contribution is 0.305. The van der Waals surface area contributed by atoms with Crippen LogP contribution in [0, 0.1) is 0 Å². The third-order valence-electron chi connectivity index (χ3n) is 4.38. The van der Waals surface area contributed by atoms with E-state index < -0.39 is 0 Å². The van der Waals surface area contributed by atoms with Gasteiger partial charge in [-0.2, -0.15) is 9.50 Å². The van der Waals surface area contributed by atoms with Crippen molar-refractivity contribution in [2.75, 3.05) is 6.61 Å². The summed E-state index contributed by atoms with van der Waals surface area (Å²) in [4.78, 5) is 17.6. The zero-order valence-electron chi connectivity index (χ0n) is 15.6. The highest BCUT2D eigenvalue weighted by atomic mass is 32.1. The van der Waals surface area contributed by atoms with Crippen molar-refractivity contribution in [3.63, 3.8) is 0 Å².